The van der Waals surface area contributed by atoms with E-state index in [0.717, 1.165) is 0 Å². The fourth-order valence-electron chi connectivity index (χ4n) is 1.03. The van der Waals surface area contributed by atoms with Gasteiger partial charge < -0.3 is 24.3 Å². The van der Waals surface area contributed by atoms with Gasteiger partial charge in [-0.1, -0.05) is 6.58 Å². The molecule has 7 nitrogen and oxygen atoms in total. The van der Waals surface area contributed by atoms with Crippen LogP contribution in [0, 0.1) is 0 Å². The molecule has 1 N–H and O–H groups in total. The molecule has 0 spiro atoms. The molecule has 0 saturated carbocycles. The van der Waals surface area contributed by atoms with Crippen LogP contribution in [-0.2, 0) is 23.7 Å². The third kappa shape index (κ3) is 11.5. The highest BCUT2D eigenvalue weighted by molar-refractivity contribution is 5.86. The minimum atomic E-state index is -0.512. The topological polar surface area (TPSA) is 83.1 Å². The Kier molecular flexibility index (Phi) is 11.4. The molecule has 0 radical (unpaired) electrons. The quantitative estimate of drug-likeness (QED) is 0.345. The summed E-state index contributed by atoms with van der Waals surface area (Å²) in [6.07, 6.45) is -0.512. The van der Waals surface area contributed by atoms with Crippen molar-refractivity contribution in [3.05, 3.63) is 12.2 Å². The highest BCUT2D eigenvalue weighted by Gasteiger charge is 2.02. The van der Waals surface area contributed by atoms with Crippen LogP contribution >= 0.6 is 0 Å². The van der Waals surface area contributed by atoms with E-state index in [1.165, 1.54) is 0 Å². The number of rotatable bonds is 11. The third-order valence-corrected chi connectivity index (χ3v) is 1.99. The fraction of sp³-hybridized carbons (Fsp3) is 0.692. The van der Waals surface area contributed by atoms with Crippen LogP contribution in [0.25, 0.3) is 0 Å². The van der Waals surface area contributed by atoms with Gasteiger partial charge in [0.15, 0.2) is 0 Å². The van der Waals surface area contributed by atoms with Crippen molar-refractivity contribution in [2.45, 2.75) is 13.8 Å². The molecule has 0 aliphatic heterocycles. The second-order valence-corrected chi connectivity index (χ2v) is 3.79. The van der Waals surface area contributed by atoms with E-state index in [0.29, 0.717) is 31.9 Å². The number of carbonyl (C=O) groups excluding carboxylic acids is 2. The molecule has 0 rings (SSSR count). The standard InChI is InChI=1S/C13H23NO6/c1-4-17-7-10-20-13(16)14-5-6-18-8-9-19-12(15)11(2)3/h2,4-10H2,1,3H3,(H,14,16). The van der Waals surface area contributed by atoms with Crippen LogP contribution in [0.3, 0.4) is 0 Å². The number of hydrogen-bond donors (Lipinski definition) is 1. The molecule has 7 heteroatoms. The monoisotopic (exact) mass is 289 g/mol. The molecule has 20 heavy (non-hydrogen) atoms. The van der Waals surface area contributed by atoms with E-state index < -0.39 is 12.1 Å². The molecule has 0 aliphatic rings. The van der Waals surface area contributed by atoms with Crippen LogP contribution in [0.2, 0.25) is 0 Å². The number of ether oxygens (including phenoxy) is 4. The van der Waals surface area contributed by atoms with E-state index in [4.69, 9.17) is 18.9 Å². The second kappa shape index (κ2) is 12.4. The molecular formula is C13H23NO6. The molecule has 0 saturated heterocycles. The van der Waals surface area contributed by atoms with Crippen molar-refractivity contribution in [1.29, 1.82) is 0 Å². The first kappa shape index (κ1) is 18.4. The molecule has 1 amide bonds. The molecule has 0 aromatic rings. The Morgan fingerprint density at radius 2 is 1.65 bits per heavy atom. The van der Waals surface area contributed by atoms with Crippen molar-refractivity contribution < 1.29 is 28.5 Å². The van der Waals surface area contributed by atoms with Gasteiger partial charge in [-0.3, -0.25) is 0 Å². The fourth-order valence-corrected chi connectivity index (χ4v) is 1.03. The van der Waals surface area contributed by atoms with E-state index in [9.17, 15) is 9.59 Å². The van der Waals surface area contributed by atoms with Crippen molar-refractivity contribution in [1.82, 2.24) is 5.32 Å². The minimum absolute atomic E-state index is 0.157. The summed E-state index contributed by atoms with van der Waals surface area (Å²) in [5.74, 6) is -0.440. The predicted molar refractivity (Wildman–Crippen MR) is 72.4 cm³/mol. The SMILES string of the molecule is C=C(C)C(=O)OCCOCCNC(=O)OCCOCC. The smallest absolute Gasteiger partial charge is 0.407 e. The number of amides is 1. The Labute approximate surface area is 119 Å². The van der Waals surface area contributed by atoms with Gasteiger partial charge in [-0.2, -0.15) is 0 Å². The summed E-state index contributed by atoms with van der Waals surface area (Å²) < 4.78 is 19.8. The zero-order chi connectivity index (χ0) is 15.2. The van der Waals surface area contributed by atoms with Crippen LogP contribution in [0.15, 0.2) is 12.2 Å². The Balaban J connectivity index is 3.29. The highest BCUT2D eigenvalue weighted by Crippen LogP contribution is 1.91. The van der Waals surface area contributed by atoms with Gasteiger partial charge in [-0.05, 0) is 13.8 Å². The van der Waals surface area contributed by atoms with Crippen LogP contribution in [0.5, 0.6) is 0 Å². The Hall–Kier alpha value is -1.60. The largest absolute Gasteiger partial charge is 0.460 e. The number of nitrogens with one attached hydrogen (secondary N) is 1. The van der Waals surface area contributed by atoms with Crippen LogP contribution in [0.4, 0.5) is 4.79 Å². The summed E-state index contributed by atoms with van der Waals surface area (Å²) in [6, 6.07) is 0. The van der Waals surface area contributed by atoms with Crippen molar-refractivity contribution in [3.8, 4) is 0 Å². The minimum Gasteiger partial charge on any atom is -0.460 e. The molecule has 0 aromatic carbocycles. The first-order chi connectivity index (χ1) is 9.57. The normalized spacial score (nSPS) is 9.90. The summed E-state index contributed by atoms with van der Waals surface area (Å²) in [5.41, 5.74) is 0.349. The lowest BCUT2D eigenvalue weighted by molar-refractivity contribution is -0.140. The van der Waals surface area contributed by atoms with Gasteiger partial charge in [-0.15, -0.1) is 0 Å². The van der Waals surface area contributed by atoms with Gasteiger partial charge in [0.25, 0.3) is 0 Å². The molecule has 0 aromatic heterocycles. The average Bonchev–Trinajstić information content (AvgIpc) is 2.42. The lowest BCUT2D eigenvalue weighted by Crippen LogP contribution is -2.29. The maximum absolute atomic E-state index is 11.1. The maximum atomic E-state index is 11.1. The summed E-state index contributed by atoms with van der Waals surface area (Å²) >= 11 is 0. The zero-order valence-corrected chi connectivity index (χ0v) is 12.1. The maximum Gasteiger partial charge on any atom is 0.407 e. The number of esters is 1. The summed E-state index contributed by atoms with van der Waals surface area (Å²) in [7, 11) is 0. The van der Waals surface area contributed by atoms with E-state index in [1.54, 1.807) is 6.92 Å². The first-order valence-electron chi connectivity index (χ1n) is 6.46. The Morgan fingerprint density at radius 1 is 1.00 bits per heavy atom. The van der Waals surface area contributed by atoms with E-state index in [2.05, 4.69) is 11.9 Å². The molecular weight excluding hydrogens is 266 g/mol. The third-order valence-electron chi connectivity index (χ3n) is 1.99. The van der Waals surface area contributed by atoms with Crippen LogP contribution in [0.1, 0.15) is 13.8 Å². The molecule has 0 atom stereocenters. The van der Waals surface area contributed by atoms with E-state index in [-0.39, 0.29) is 19.8 Å². The molecule has 0 fully saturated rings. The van der Waals surface area contributed by atoms with Gasteiger partial charge in [0.05, 0.1) is 19.8 Å². The van der Waals surface area contributed by atoms with Gasteiger partial charge in [0.2, 0.25) is 0 Å². The number of alkyl carbamates (subject to hydrolysis) is 1. The van der Waals surface area contributed by atoms with Crippen LogP contribution in [-0.4, -0.2) is 58.2 Å². The molecule has 0 unspecified atom stereocenters. The first-order valence-corrected chi connectivity index (χ1v) is 6.46. The van der Waals surface area contributed by atoms with Crippen molar-refractivity contribution in [2.24, 2.45) is 0 Å². The summed E-state index contributed by atoms with van der Waals surface area (Å²) in [4.78, 5) is 22.1. The summed E-state index contributed by atoms with van der Waals surface area (Å²) in [6.45, 7) is 9.14. The molecule has 116 valence electrons. The Bertz CT molecular complexity index is 305. The van der Waals surface area contributed by atoms with Crippen molar-refractivity contribution in [2.75, 3.05) is 46.2 Å². The highest BCUT2D eigenvalue weighted by atomic mass is 16.6. The van der Waals surface area contributed by atoms with Crippen LogP contribution < -0.4 is 5.32 Å². The lowest BCUT2D eigenvalue weighted by Gasteiger charge is -2.08. The molecule has 0 bridgehead atoms. The summed E-state index contributed by atoms with van der Waals surface area (Å²) in [5, 5.41) is 2.51. The van der Waals surface area contributed by atoms with Crippen molar-refractivity contribution >= 4 is 12.1 Å². The lowest BCUT2D eigenvalue weighted by atomic mass is 10.4. The van der Waals surface area contributed by atoms with Gasteiger partial charge >= 0.3 is 12.1 Å². The Morgan fingerprint density at radius 3 is 2.30 bits per heavy atom. The average molecular weight is 289 g/mol. The van der Waals surface area contributed by atoms with Crippen molar-refractivity contribution in [3.63, 3.8) is 0 Å². The zero-order valence-electron chi connectivity index (χ0n) is 12.1. The molecule has 0 heterocycles. The number of carbonyl (C=O) groups is 2. The second-order valence-electron chi connectivity index (χ2n) is 3.79. The van der Waals surface area contributed by atoms with E-state index in [1.807, 2.05) is 6.92 Å². The molecule has 0 aliphatic carbocycles. The van der Waals surface area contributed by atoms with Gasteiger partial charge in [0.1, 0.15) is 13.2 Å². The number of hydrogen-bond acceptors (Lipinski definition) is 6. The predicted octanol–water partition coefficient (Wildman–Crippen LogP) is 0.885. The van der Waals surface area contributed by atoms with Gasteiger partial charge in [-0.25, -0.2) is 9.59 Å². The van der Waals surface area contributed by atoms with E-state index >= 15 is 0 Å². The van der Waals surface area contributed by atoms with Gasteiger partial charge in [0, 0.05) is 18.7 Å².